The minimum atomic E-state index is -0.0969. The van der Waals surface area contributed by atoms with E-state index < -0.39 is 0 Å². The molecule has 3 heterocycles. The molecule has 10 heteroatoms. The van der Waals surface area contributed by atoms with Crippen LogP contribution in [-0.4, -0.2) is 55.9 Å². The number of carbonyl (C=O) groups is 1. The van der Waals surface area contributed by atoms with E-state index in [1.807, 2.05) is 6.92 Å². The van der Waals surface area contributed by atoms with Gasteiger partial charge in [-0.15, -0.1) is 5.10 Å². The zero-order valence-corrected chi connectivity index (χ0v) is 12.9. The second-order valence-electron chi connectivity index (χ2n) is 5.41. The second-order valence-corrected chi connectivity index (χ2v) is 5.41. The molecule has 124 valence electrons. The van der Waals surface area contributed by atoms with Crippen LogP contribution in [0.2, 0.25) is 0 Å². The maximum absolute atomic E-state index is 11.8. The number of piperidine rings is 1. The lowest BCUT2D eigenvalue weighted by molar-refractivity contribution is -0.149. The van der Waals surface area contributed by atoms with E-state index in [0.717, 1.165) is 31.6 Å². The van der Waals surface area contributed by atoms with E-state index in [-0.39, 0.29) is 17.7 Å². The fourth-order valence-electron chi connectivity index (χ4n) is 2.70. The average molecular weight is 321 g/mol. The Morgan fingerprint density at radius 1 is 1.43 bits per heavy atom. The molecule has 0 amide bonds. The summed E-state index contributed by atoms with van der Waals surface area (Å²) in [5.41, 5.74) is 6.53. The molecule has 0 bridgehead atoms. The lowest BCUT2D eigenvalue weighted by Crippen LogP contribution is -2.37. The first-order valence-electron chi connectivity index (χ1n) is 7.56. The highest BCUT2D eigenvalue weighted by Gasteiger charge is 2.27. The maximum Gasteiger partial charge on any atom is 0.309 e. The molecule has 2 aromatic rings. The van der Waals surface area contributed by atoms with Crippen LogP contribution >= 0.6 is 0 Å². The van der Waals surface area contributed by atoms with Gasteiger partial charge in [-0.25, -0.2) is 4.63 Å². The Bertz CT molecular complexity index is 660. The first-order valence-corrected chi connectivity index (χ1v) is 7.56. The second kappa shape index (κ2) is 6.73. The lowest BCUT2D eigenvalue weighted by atomic mass is 9.97. The molecule has 0 radical (unpaired) electrons. The van der Waals surface area contributed by atoms with Gasteiger partial charge in [0.2, 0.25) is 11.6 Å². The normalized spacial score (nSPS) is 16.6. The minimum absolute atomic E-state index is 0.00961. The Kier molecular flexibility index (Phi) is 4.51. The molecule has 0 atom stereocenters. The smallest absolute Gasteiger partial charge is 0.309 e. The number of likely N-dealkylation sites (tertiary alicyclic amines) is 1. The van der Waals surface area contributed by atoms with Crippen LogP contribution in [0.15, 0.2) is 10.8 Å². The van der Waals surface area contributed by atoms with Crippen LogP contribution in [-0.2, 0) is 16.1 Å². The molecule has 0 spiro atoms. The summed E-state index contributed by atoms with van der Waals surface area (Å²) in [5.74, 6) is 0.390. The van der Waals surface area contributed by atoms with Crippen molar-refractivity contribution >= 4 is 11.8 Å². The van der Waals surface area contributed by atoms with Gasteiger partial charge in [0.15, 0.2) is 0 Å². The minimum Gasteiger partial charge on any atom is -0.466 e. The molecule has 2 N–H and O–H groups in total. The number of hydrogen-bond donors (Lipinski definition) is 1. The van der Waals surface area contributed by atoms with Crippen molar-refractivity contribution in [2.45, 2.75) is 26.3 Å². The van der Waals surface area contributed by atoms with Gasteiger partial charge in [-0.1, -0.05) is 5.21 Å². The Morgan fingerprint density at radius 3 is 2.87 bits per heavy atom. The van der Waals surface area contributed by atoms with Crippen LogP contribution in [0.1, 0.15) is 25.5 Å². The molecule has 0 aliphatic carbocycles. The summed E-state index contributed by atoms with van der Waals surface area (Å²) in [6.07, 6.45) is 3.23. The van der Waals surface area contributed by atoms with E-state index in [1.54, 1.807) is 6.20 Å². The zero-order chi connectivity index (χ0) is 16.2. The van der Waals surface area contributed by atoms with E-state index in [9.17, 15) is 4.79 Å². The summed E-state index contributed by atoms with van der Waals surface area (Å²) in [7, 11) is 0. The number of anilines is 1. The van der Waals surface area contributed by atoms with Crippen molar-refractivity contribution in [3.8, 4) is 5.82 Å². The average Bonchev–Trinajstić information content (AvgIpc) is 3.17. The molecule has 2 aromatic heterocycles. The largest absolute Gasteiger partial charge is 0.466 e. The molecular formula is C13H19N7O3. The van der Waals surface area contributed by atoms with Gasteiger partial charge in [-0.2, -0.15) is 4.68 Å². The highest BCUT2D eigenvalue weighted by molar-refractivity contribution is 5.72. The van der Waals surface area contributed by atoms with Gasteiger partial charge >= 0.3 is 5.97 Å². The number of nitrogens with zero attached hydrogens (tertiary/aromatic N) is 6. The van der Waals surface area contributed by atoms with Crippen molar-refractivity contribution in [3.63, 3.8) is 0 Å². The van der Waals surface area contributed by atoms with Crippen molar-refractivity contribution in [1.82, 2.24) is 30.2 Å². The monoisotopic (exact) mass is 321 g/mol. The number of nitrogens with two attached hydrogens (primary N) is 1. The molecule has 23 heavy (non-hydrogen) atoms. The number of carbonyl (C=O) groups excluding carboxylic acids is 1. The summed E-state index contributed by atoms with van der Waals surface area (Å²) in [6.45, 7) is 4.50. The third kappa shape index (κ3) is 3.31. The maximum atomic E-state index is 11.8. The molecule has 1 aliphatic rings. The Morgan fingerprint density at radius 2 is 2.22 bits per heavy atom. The van der Waals surface area contributed by atoms with Gasteiger partial charge in [-0.05, 0) is 43.2 Å². The molecule has 0 unspecified atom stereocenters. The standard InChI is InChI=1S/C13H19N7O3/c1-2-22-13(21)9-3-5-19(6-4-9)8-10-7-15-18-20(10)12-11(14)16-23-17-12/h7,9H,2-6,8H2,1H3,(H2,14,16). The fraction of sp³-hybridized carbons (Fsp3) is 0.615. The van der Waals surface area contributed by atoms with Crippen LogP contribution < -0.4 is 5.73 Å². The Balaban J connectivity index is 1.61. The van der Waals surface area contributed by atoms with E-state index >= 15 is 0 Å². The zero-order valence-electron chi connectivity index (χ0n) is 12.9. The van der Waals surface area contributed by atoms with Crippen molar-refractivity contribution in [3.05, 3.63) is 11.9 Å². The summed E-state index contributed by atoms with van der Waals surface area (Å²) >= 11 is 0. The van der Waals surface area contributed by atoms with Gasteiger partial charge in [0.1, 0.15) is 0 Å². The van der Waals surface area contributed by atoms with E-state index in [0.29, 0.717) is 19.0 Å². The molecule has 1 saturated heterocycles. The lowest BCUT2D eigenvalue weighted by Gasteiger charge is -2.30. The van der Waals surface area contributed by atoms with Gasteiger partial charge in [0, 0.05) is 6.54 Å². The summed E-state index contributed by atoms with van der Waals surface area (Å²) in [6, 6.07) is 0. The van der Waals surface area contributed by atoms with Crippen LogP contribution in [0, 0.1) is 5.92 Å². The predicted octanol–water partition coefficient (Wildman–Crippen LogP) is 0.00760. The van der Waals surface area contributed by atoms with E-state index in [4.69, 9.17) is 10.5 Å². The molecular weight excluding hydrogens is 302 g/mol. The summed E-state index contributed by atoms with van der Waals surface area (Å²) in [5, 5.41) is 15.2. The Labute approximate surface area is 132 Å². The number of nitrogen functional groups attached to an aromatic ring is 1. The number of aromatic nitrogens is 5. The highest BCUT2D eigenvalue weighted by atomic mass is 16.6. The van der Waals surface area contributed by atoms with Crippen molar-refractivity contribution < 1.29 is 14.2 Å². The van der Waals surface area contributed by atoms with Crippen molar-refractivity contribution in [1.29, 1.82) is 0 Å². The van der Waals surface area contributed by atoms with Crippen molar-refractivity contribution in [2.75, 3.05) is 25.4 Å². The number of esters is 1. The molecule has 10 nitrogen and oxygen atoms in total. The van der Waals surface area contributed by atoms with E-state index in [1.165, 1.54) is 4.68 Å². The van der Waals surface area contributed by atoms with Gasteiger partial charge in [0.25, 0.3) is 0 Å². The molecule has 0 saturated carbocycles. The number of hydrogen-bond acceptors (Lipinski definition) is 9. The van der Waals surface area contributed by atoms with Gasteiger partial charge in [0.05, 0.1) is 24.4 Å². The topological polar surface area (TPSA) is 125 Å². The van der Waals surface area contributed by atoms with Crippen LogP contribution in [0.5, 0.6) is 0 Å². The quantitative estimate of drug-likeness (QED) is 0.758. The van der Waals surface area contributed by atoms with E-state index in [2.05, 4.69) is 30.2 Å². The number of ether oxygens (including phenoxy) is 1. The molecule has 1 aliphatic heterocycles. The molecule has 3 rings (SSSR count). The van der Waals surface area contributed by atoms with Crippen molar-refractivity contribution in [2.24, 2.45) is 5.92 Å². The molecule has 0 aromatic carbocycles. The Hall–Kier alpha value is -2.49. The fourth-order valence-corrected chi connectivity index (χ4v) is 2.70. The predicted molar refractivity (Wildman–Crippen MR) is 78.3 cm³/mol. The third-order valence-electron chi connectivity index (χ3n) is 3.91. The van der Waals surface area contributed by atoms with Crippen LogP contribution in [0.3, 0.4) is 0 Å². The summed E-state index contributed by atoms with van der Waals surface area (Å²) in [4.78, 5) is 14.0. The van der Waals surface area contributed by atoms with Gasteiger partial charge < -0.3 is 10.5 Å². The number of rotatable bonds is 5. The van der Waals surface area contributed by atoms with Crippen LogP contribution in [0.4, 0.5) is 5.82 Å². The highest BCUT2D eigenvalue weighted by Crippen LogP contribution is 2.21. The van der Waals surface area contributed by atoms with Gasteiger partial charge in [-0.3, -0.25) is 9.69 Å². The SMILES string of the molecule is CCOC(=O)C1CCN(Cc2cnnn2-c2nonc2N)CC1. The molecule has 1 fully saturated rings. The summed E-state index contributed by atoms with van der Waals surface area (Å²) < 4.78 is 11.2. The third-order valence-corrected chi connectivity index (χ3v) is 3.91. The first-order chi connectivity index (χ1) is 11.2. The first kappa shape index (κ1) is 15.4. The van der Waals surface area contributed by atoms with Crippen LogP contribution in [0.25, 0.3) is 5.82 Å².